The van der Waals surface area contributed by atoms with Crippen molar-refractivity contribution in [3.63, 3.8) is 0 Å². The van der Waals surface area contributed by atoms with Crippen molar-refractivity contribution in [3.05, 3.63) is 71.0 Å². The number of aromatic nitrogens is 2. The number of hydrogen-bond acceptors (Lipinski definition) is 5. The van der Waals surface area contributed by atoms with Crippen molar-refractivity contribution >= 4 is 28.4 Å². The molecule has 1 unspecified atom stereocenters. The molecule has 4 rings (SSSR count). The van der Waals surface area contributed by atoms with Crippen LogP contribution in [0.3, 0.4) is 0 Å². The Kier molecular flexibility index (Phi) is 5.99. The van der Waals surface area contributed by atoms with E-state index in [1.165, 1.54) is 22.7 Å². The summed E-state index contributed by atoms with van der Waals surface area (Å²) in [6.07, 6.45) is 0.741. The van der Waals surface area contributed by atoms with Gasteiger partial charge in [0.25, 0.3) is 0 Å². The van der Waals surface area contributed by atoms with Crippen molar-refractivity contribution in [2.75, 3.05) is 29.9 Å². The van der Waals surface area contributed by atoms with Crippen molar-refractivity contribution in [2.24, 2.45) is 0 Å². The molecule has 2 aromatic carbocycles. The second kappa shape index (κ2) is 8.83. The van der Waals surface area contributed by atoms with Crippen molar-refractivity contribution in [3.8, 4) is 0 Å². The zero-order chi connectivity index (χ0) is 21.1. The van der Waals surface area contributed by atoms with E-state index in [1.807, 2.05) is 42.2 Å². The fourth-order valence-corrected chi connectivity index (χ4v) is 4.52. The first-order valence-electron chi connectivity index (χ1n) is 10.3. The second-order valence-electron chi connectivity index (χ2n) is 7.89. The summed E-state index contributed by atoms with van der Waals surface area (Å²) in [7, 11) is 0. The molecule has 0 spiro atoms. The largest absolute Gasteiger partial charge is 0.343 e. The number of benzene rings is 2. The minimum atomic E-state index is -0.0452. The van der Waals surface area contributed by atoms with E-state index in [2.05, 4.69) is 46.6 Å². The number of carbonyl (C=O) groups excluding carboxylic acids is 1. The van der Waals surface area contributed by atoms with Gasteiger partial charge in [0.1, 0.15) is 5.82 Å². The highest BCUT2D eigenvalue weighted by Crippen LogP contribution is 2.23. The second-order valence-corrected chi connectivity index (χ2v) is 8.62. The Morgan fingerprint density at radius 2 is 1.97 bits per heavy atom. The highest BCUT2D eigenvalue weighted by atomic mass is 32.1. The number of nitrogens with zero attached hydrogens (tertiary/aromatic N) is 4. The molecule has 7 heteroatoms. The van der Waals surface area contributed by atoms with E-state index in [1.54, 1.807) is 0 Å². The third-order valence-corrected chi connectivity index (χ3v) is 6.26. The molecular weight excluding hydrogens is 394 g/mol. The lowest BCUT2D eigenvalue weighted by molar-refractivity contribution is 0.185. The average molecular weight is 422 g/mol. The minimum Gasteiger partial charge on any atom is -0.343 e. The average Bonchev–Trinajstić information content (AvgIpc) is 3.19. The summed E-state index contributed by atoms with van der Waals surface area (Å²) >= 11 is 1.44. The first kappa shape index (κ1) is 20.3. The van der Waals surface area contributed by atoms with Gasteiger partial charge in [-0.25, -0.2) is 9.78 Å². The zero-order valence-electron chi connectivity index (χ0n) is 17.6. The Bertz CT molecular complexity index is 1020. The molecule has 0 saturated carbocycles. The molecule has 1 fully saturated rings. The summed E-state index contributed by atoms with van der Waals surface area (Å²) in [6.45, 7) is 8.32. The van der Waals surface area contributed by atoms with Gasteiger partial charge in [0, 0.05) is 49.3 Å². The molecule has 1 aliphatic rings. The van der Waals surface area contributed by atoms with Crippen LogP contribution < -0.4 is 10.2 Å². The molecular formula is C23H27N5OS. The molecule has 156 valence electrons. The normalized spacial score (nSPS) is 16.6. The zero-order valence-corrected chi connectivity index (χ0v) is 18.4. The topological polar surface area (TPSA) is 61.4 Å². The van der Waals surface area contributed by atoms with Crippen LogP contribution in [-0.4, -0.2) is 46.0 Å². The summed E-state index contributed by atoms with van der Waals surface area (Å²) in [5.41, 5.74) is 4.35. The van der Waals surface area contributed by atoms with E-state index in [0.29, 0.717) is 6.54 Å². The number of anilines is 2. The summed E-state index contributed by atoms with van der Waals surface area (Å²) in [5.74, 6) is 0.851. The van der Waals surface area contributed by atoms with Crippen molar-refractivity contribution in [1.82, 2.24) is 14.3 Å². The predicted octanol–water partition coefficient (Wildman–Crippen LogP) is 4.49. The molecule has 3 aromatic rings. The number of rotatable bonds is 4. The molecule has 6 nitrogen and oxygen atoms in total. The number of nitrogens with one attached hydrogen (secondary N) is 1. The minimum absolute atomic E-state index is 0.0452. The summed E-state index contributed by atoms with van der Waals surface area (Å²) in [6, 6.07) is 16.4. The van der Waals surface area contributed by atoms with E-state index in [0.717, 1.165) is 41.7 Å². The van der Waals surface area contributed by atoms with Crippen molar-refractivity contribution in [1.29, 1.82) is 0 Å². The lowest BCUT2D eigenvalue weighted by Crippen LogP contribution is -2.55. The Morgan fingerprint density at radius 3 is 2.70 bits per heavy atom. The maximum absolute atomic E-state index is 12.8. The Labute approximate surface area is 181 Å². The van der Waals surface area contributed by atoms with Gasteiger partial charge in [-0.3, -0.25) is 0 Å². The molecule has 1 saturated heterocycles. The van der Waals surface area contributed by atoms with Crippen molar-refractivity contribution in [2.45, 2.75) is 33.2 Å². The van der Waals surface area contributed by atoms with E-state index in [9.17, 15) is 4.79 Å². The van der Waals surface area contributed by atoms with Gasteiger partial charge in [-0.05, 0) is 38.0 Å². The van der Waals surface area contributed by atoms with E-state index in [-0.39, 0.29) is 12.1 Å². The molecule has 0 bridgehead atoms. The van der Waals surface area contributed by atoms with E-state index >= 15 is 0 Å². The molecule has 0 radical (unpaired) electrons. The van der Waals surface area contributed by atoms with Crippen LogP contribution in [0.1, 0.15) is 29.4 Å². The maximum atomic E-state index is 12.8. The number of carbonyl (C=O) groups is 1. The van der Waals surface area contributed by atoms with Crippen LogP contribution in [0.25, 0.3) is 0 Å². The SMILES string of the molecule is Cc1ccc(NC(=O)N2CCN(c3nc(Cc4ccccc4)ns3)CC2C)c(C)c1. The third-order valence-electron chi connectivity index (χ3n) is 5.44. The summed E-state index contributed by atoms with van der Waals surface area (Å²) in [4.78, 5) is 21.7. The van der Waals surface area contributed by atoms with Crippen molar-refractivity contribution < 1.29 is 4.79 Å². The van der Waals surface area contributed by atoms with Gasteiger partial charge in [-0.15, -0.1) is 0 Å². The molecule has 1 aliphatic heterocycles. The monoisotopic (exact) mass is 421 g/mol. The lowest BCUT2D eigenvalue weighted by Gasteiger charge is -2.39. The molecule has 0 aliphatic carbocycles. The van der Waals surface area contributed by atoms with Gasteiger partial charge in [-0.1, -0.05) is 48.0 Å². The fourth-order valence-electron chi connectivity index (χ4n) is 3.80. The third kappa shape index (κ3) is 4.62. The predicted molar refractivity (Wildman–Crippen MR) is 122 cm³/mol. The van der Waals surface area contributed by atoms with Crippen LogP contribution in [0.5, 0.6) is 0 Å². The van der Waals surface area contributed by atoms with Crippen LogP contribution >= 0.6 is 11.5 Å². The smallest absolute Gasteiger partial charge is 0.322 e. The van der Waals surface area contributed by atoms with Crippen LogP contribution in [0.2, 0.25) is 0 Å². The Hall–Kier alpha value is -2.93. The lowest BCUT2D eigenvalue weighted by atomic mass is 10.1. The highest BCUT2D eigenvalue weighted by Gasteiger charge is 2.29. The molecule has 1 aromatic heterocycles. The first-order valence-corrected chi connectivity index (χ1v) is 11.0. The number of hydrogen-bond donors (Lipinski definition) is 1. The Morgan fingerprint density at radius 1 is 1.17 bits per heavy atom. The van der Waals surface area contributed by atoms with Gasteiger partial charge in [-0.2, -0.15) is 4.37 Å². The van der Waals surface area contributed by atoms with Crippen LogP contribution in [-0.2, 0) is 6.42 Å². The molecule has 30 heavy (non-hydrogen) atoms. The van der Waals surface area contributed by atoms with Crippen LogP contribution in [0.15, 0.2) is 48.5 Å². The summed E-state index contributed by atoms with van der Waals surface area (Å²) < 4.78 is 4.53. The number of urea groups is 1. The number of piperazine rings is 1. The molecule has 2 amide bonds. The number of aryl methyl sites for hydroxylation is 2. The molecule has 2 heterocycles. The Balaban J connectivity index is 1.36. The van der Waals surface area contributed by atoms with Gasteiger partial charge in [0.15, 0.2) is 0 Å². The quantitative estimate of drug-likeness (QED) is 0.674. The maximum Gasteiger partial charge on any atom is 0.322 e. The van der Waals surface area contributed by atoms with Gasteiger partial charge < -0.3 is 15.1 Å². The molecule has 1 N–H and O–H groups in total. The van der Waals surface area contributed by atoms with Crippen LogP contribution in [0.4, 0.5) is 15.6 Å². The fraction of sp³-hybridized carbons (Fsp3) is 0.348. The highest BCUT2D eigenvalue weighted by molar-refractivity contribution is 7.09. The number of amides is 2. The summed E-state index contributed by atoms with van der Waals surface area (Å²) in [5, 5.41) is 4.00. The van der Waals surface area contributed by atoms with Gasteiger partial charge >= 0.3 is 6.03 Å². The van der Waals surface area contributed by atoms with E-state index in [4.69, 9.17) is 4.98 Å². The first-order chi connectivity index (χ1) is 14.5. The van der Waals surface area contributed by atoms with E-state index < -0.39 is 0 Å². The van der Waals surface area contributed by atoms with Gasteiger partial charge in [0.05, 0.1) is 0 Å². The molecule has 1 atom stereocenters. The van der Waals surface area contributed by atoms with Gasteiger partial charge in [0.2, 0.25) is 5.13 Å². The standard InChI is InChI=1S/C23H27N5OS/c1-16-9-10-20(17(2)13-16)24-22(29)28-12-11-27(15-18(28)3)23-25-21(26-30-23)14-19-7-5-4-6-8-19/h4-10,13,18H,11-12,14-15H2,1-3H3,(H,24,29). The van der Waals surface area contributed by atoms with Crippen LogP contribution in [0, 0.1) is 13.8 Å².